The minimum Gasteiger partial charge on any atom is -0.452 e. The van der Waals surface area contributed by atoms with Gasteiger partial charge in [0.25, 0.3) is 5.91 Å². The van der Waals surface area contributed by atoms with E-state index in [1.807, 2.05) is 6.92 Å². The molecule has 2 aromatic carbocycles. The van der Waals surface area contributed by atoms with Gasteiger partial charge in [0, 0.05) is 28.7 Å². The Morgan fingerprint density at radius 3 is 2.39 bits per heavy atom. The Morgan fingerprint density at radius 2 is 1.71 bits per heavy atom. The minimum atomic E-state index is -0.684. The fraction of sp³-hybridized carbons (Fsp3) is 0.318. The zero-order valence-electron chi connectivity index (χ0n) is 15.7. The van der Waals surface area contributed by atoms with E-state index in [0.717, 1.165) is 19.3 Å². The Balaban J connectivity index is 1.71. The molecular weight excluding hydrogens is 378 g/mol. The van der Waals surface area contributed by atoms with Crippen LogP contribution in [0.1, 0.15) is 52.5 Å². The van der Waals surface area contributed by atoms with Crippen molar-refractivity contribution < 1.29 is 19.1 Å². The smallest absolute Gasteiger partial charge is 0.339 e. The monoisotopic (exact) mass is 399 g/mol. The number of nitrogens with zero attached hydrogens (tertiary/aromatic N) is 1. The highest BCUT2D eigenvalue weighted by atomic mass is 35.5. The van der Waals surface area contributed by atoms with E-state index in [9.17, 15) is 14.4 Å². The van der Waals surface area contributed by atoms with Crippen LogP contribution in [0.25, 0.3) is 0 Å². The normalized spacial score (nSPS) is 16.5. The lowest BCUT2D eigenvalue weighted by atomic mass is 9.98. The summed E-state index contributed by atoms with van der Waals surface area (Å²) >= 11 is 5.87. The number of esters is 1. The third kappa shape index (κ3) is 4.60. The van der Waals surface area contributed by atoms with Gasteiger partial charge in [-0.1, -0.05) is 29.8 Å². The number of halogens is 1. The zero-order valence-corrected chi connectivity index (χ0v) is 16.4. The maximum Gasteiger partial charge on any atom is 0.339 e. The van der Waals surface area contributed by atoms with Crippen molar-refractivity contribution in [3.05, 3.63) is 70.2 Å². The molecule has 1 fully saturated rings. The molecule has 1 atom stereocenters. The summed E-state index contributed by atoms with van der Waals surface area (Å²) in [6, 6.07) is 13.0. The predicted octanol–water partition coefficient (Wildman–Crippen LogP) is 4.13. The van der Waals surface area contributed by atoms with Gasteiger partial charge in [-0.2, -0.15) is 0 Å². The second kappa shape index (κ2) is 9.02. The van der Waals surface area contributed by atoms with E-state index in [1.165, 1.54) is 6.07 Å². The van der Waals surface area contributed by atoms with Crippen LogP contribution in [-0.4, -0.2) is 41.8 Å². The fourth-order valence-electron chi connectivity index (χ4n) is 3.37. The minimum absolute atomic E-state index is 0.141. The molecule has 1 amide bonds. The predicted molar refractivity (Wildman–Crippen MR) is 107 cm³/mol. The molecule has 0 radical (unpaired) electrons. The number of ketones is 1. The molecule has 6 heteroatoms. The Morgan fingerprint density at radius 1 is 1.04 bits per heavy atom. The molecule has 0 aromatic heterocycles. The van der Waals surface area contributed by atoms with E-state index >= 15 is 0 Å². The quantitative estimate of drug-likeness (QED) is 0.560. The van der Waals surface area contributed by atoms with E-state index in [-0.39, 0.29) is 35.5 Å². The van der Waals surface area contributed by atoms with Gasteiger partial charge < -0.3 is 9.64 Å². The average Bonchev–Trinajstić information content (AvgIpc) is 2.72. The molecule has 2 aromatic rings. The molecule has 28 heavy (non-hydrogen) atoms. The highest BCUT2D eigenvalue weighted by Crippen LogP contribution is 2.19. The van der Waals surface area contributed by atoms with Gasteiger partial charge >= 0.3 is 5.97 Å². The van der Waals surface area contributed by atoms with Crippen molar-refractivity contribution in [2.75, 3.05) is 13.2 Å². The van der Waals surface area contributed by atoms with Crippen LogP contribution in [0.3, 0.4) is 0 Å². The number of hydrogen-bond acceptors (Lipinski definition) is 4. The van der Waals surface area contributed by atoms with E-state index in [2.05, 4.69) is 0 Å². The van der Waals surface area contributed by atoms with Crippen LogP contribution in [0.5, 0.6) is 0 Å². The maximum atomic E-state index is 12.8. The van der Waals surface area contributed by atoms with Gasteiger partial charge in [0.1, 0.15) is 0 Å². The van der Waals surface area contributed by atoms with Gasteiger partial charge in [-0.3, -0.25) is 9.59 Å². The Hall–Kier alpha value is -2.66. The van der Waals surface area contributed by atoms with Crippen LogP contribution in [0.2, 0.25) is 5.02 Å². The summed E-state index contributed by atoms with van der Waals surface area (Å²) in [5, 5.41) is 0.523. The second-order valence-electron chi connectivity index (χ2n) is 6.89. The van der Waals surface area contributed by atoms with Gasteiger partial charge in [0.15, 0.2) is 12.4 Å². The van der Waals surface area contributed by atoms with E-state index in [4.69, 9.17) is 16.3 Å². The number of benzene rings is 2. The topological polar surface area (TPSA) is 63.7 Å². The Labute approximate surface area is 169 Å². The molecule has 0 unspecified atom stereocenters. The van der Waals surface area contributed by atoms with Crippen molar-refractivity contribution in [1.82, 2.24) is 4.90 Å². The molecule has 0 saturated carbocycles. The van der Waals surface area contributed by atoms with Crippen molar-refractivity contribution in [3.8, 4) is 0 Å². The van der Waals surface area contributed by atoms with Crippen molar-refractivity contribution in [2.45, 2.75) is 32.2 Å². The third-order valence-electron chi connectivity index (χ3n) is 4.95. The molecule has 1 saturated heterocycles. The first kappa shape index (κ1) is 20.1. The lowest BCUT2D eigenvalue weighted by molar-refractivity contribution is -0.137. The van der Waals surface area contributed by atoms with Crippen LogP contribution in [0, 0.1) is 0 Å². The first-order valence-corrected chi connectivity index (χ1v) is 9.71. The number of hydrogen-bond donors (Lipinski definition) is 0. The third-order valence-corrected chi connectivity index (χ3v) is 5.20. The molecular formula is C22H22ClNO4. The number of amides is 1. The standard InChI is InChI=1S/C22H22ClNO4/c1-15-6-4-5-13-24(15)20(25)14-28-22(27)19-8-3-2-7-18(19)21(26)16-9-11-17(23)12-10-16/h2-3,7-12,15H,4-6,13-14H2,1H3/t15-/m1/s1. The van der Waals surface area contributed by atoms with Crippen molar-refractivity contribution in [2.24, 2.45) is 0 Å². The maximum absolute atomic E-state index is 12.8. The van der Waals surface area contributed by atoms with Crippen LogP contribution < -0.4 is 0 Å². The molecule has 146 valence electrons. The van der Waals surface area contributed by atoms with E-state index < -0.39 is 5.97 Å². The van der Waals surface area contributed by atoms with Crippen molar-refractivity contribution in [1.29, 1.82) is 0 Å². The Bertz CT molecular complexity index is 878. The van der Waals surface area contributed by atoms with Gasteiger partial charge in [-0.15, -0.1) is 0 Å². The first-order chi connectivity index (χ1) is 13.5. The number of ether oxygens (including phenoxy) is 1. The summed E-state index contributed by atoms with van der Waals surface area (Å²) in [5.41, 5.74) is 0.790. The lowest BCUT2D eigenvalue weighted by Crippen LogP contribution is -2.44. The van der Waals surface area contributed by atoms with Crippen LogP contribution >= 0.6 is 11.6 Å². The number of piperidine rings is 1. The highest BCUT2D eigenvalue weighted by Gasteiger charge is 2.25. The number of likely N-dealkylation sites (tertiary alicyclic amines) is 1. The largest absolute Gasteiger partial charge is 0.452 e. The summed E-state index contributed by atoms with van der Waals surface area (Å²) in [6.45, 7) is 2.36. The fourth-order valence-corrected chi connectivity index (χ4v) is 3.50. The SMILES string of the molecule is C[C@@H]1CCCCN1C(=O)COC(=O)c1ccccc1C(=O)c1ccc(Cl)cc1. The highest BCUT2D eigenvalue weighted by molar-refractivity contribution is 6.30. The molecule has 1 aliphatic heterocycles. The molecule has 0 N–H and O–H groups in total. The summed E-state index contributed by atoms with van der Waals surface area (Å²) in [5.74, 6) is -1.20. The van der Waals surface area contributed by atoms with Gasteiger partial charge in [0.05, 0.1) is 5.56 Å². The molecule has 0 spiro atoms. The first-order valence-electron chi connectivity index (χ1n) is 9.33. The van der Waals surface area contributed by atoms with E-state index in [1.54, 1.807) is 47.4 Å². The molecule has 0 aliphatic carbocycles. The van der Waals surface area contributed by atoms with Crippen LogP contribution in [-0.2, 0) is 9.53 Å². The van der Waals surface area contributed by atoms with Crippen LogP contribution in [0.4, 0.5) is 0 Å². The van der Waals surface area contributed by atoms with Gasteiger partial charge in [-0.05, 0) is 56.5 Å². The Kier molecular flexibility index (Phi) is 6.47. The summed E-state index contributed by atoms with van der Waals surface area (Å²) < 4.78 is 5.23. The lowest BCUT2D eigenvalue weighted by Gasteiger charge is -2.33. The average molecular weight is 400 g/mol. The number of rotatable bonds is 5. The second-order valence-corrected chi connectivity index (χ2v) is 7.33. The molecule has 3 rings (SSSR count). The summed E-state index contributed by atoms with van der Waals surface area (Å²) in [7, 11) is 0. The summed E-state index contributed by atoms with van der Waals surface area (Å²) in [6.07, 6.45) is 3.02. The van der Waals surface area contributed by atoms with Crippen LogP contribution in [0.15, 0.2) is 48.5 Å². The zero-order chi connectivity index (χ0) is 20.1. The van der Waals surface area contributed by atoms with Crippen molar-refractivity contribution in [3.63, 3.8) is 0 Å². The summed E-state index contributed by atoms with van der Waals surface area (Å²) in [4.78, 5) is 39.5. The molecule has 1 heterocycles. The molecule has 0 bridgehead atoms. The molecule has 5 nitrogen and oxygen atoms in total. The number of carbonyl (C=O) groups is 3. The van der Waals surface area contributed by atoms with Gasteiger partial charge in [-0.25, -0.2) is 4.79 Å². The van der Waals surface area contributed by atoms with Gasteiger partial charge in [0.2, 0.25) is 0 Å². The molecule has 1 aliphatic rings. The van der Waals surface area contributed by atoms with Crippen molar-refractivity contribution >= 4 is 29.3 Å². The number of carbonyl (C=O) groups excluding carboxylic acids is 3. The van der Waals surface area contributed by atoms with E-state index in [0.29, 0.717) is 17.1 Å².